The monoisotopic (exact) mass is 165 g/mol. The standard InChI is InChI=1S/C9H15N3/c10-8-11-5-6-12-4-2-1-3-9(12)7-11/h9H,1-7H2. The molecule has 0 spiro atoms. The molecule has 0 aromatic carbocycles. The normalized spacial score (nSPS) is 30.9. The Morgan fingerprint density at radius 2 is 2.08 bits per heavy atom. The van der Waals surface area contributed by atoms with Gasteiger partial charge in [0.2, 0.25) is 0 Å². The molecule has 1 atom stereocenters. The third-order valence-electron chi connectivity index (χ3n) is 2.98. The van der Waals surface area contributed by atoms with Crippen molar-refractivity contribution in [1.29, 1.82) is 5.26 Å². The van der Waals surface area contributed by atoms with E-state index in [-0.39, 0.29) is 0 Å². The first kappa shape index (κ1) is 7.88. The lowest BCUT2D eigenvalue weighted by molar-refractivity contribution is 0.0750. The molecule has 2 aliphatic rings. The second kappa shape index (κ2) is 3.32. The molecule has 3 heteroatoms. The third kappa shape index (κ3) is 1.39. The topological polar surface area (TPSA) is 30.3 Å². The van der Waals surface area contributed by atoms with Crippen LogP contribution in [0.2, 0.25) is 0 Å². The van der Waals surface area contributed by atoms with E-state index in [0.717, 1.165) is 19.6 Å². The van der Waals surface area contributed by atoms with E-state index in [1.807, 2.05) is 4.90 Å². The van der Waals surface area contributed by atoms with E-state index in [9.17, 15) is 0 Å². The first-order valence-corrected chi connectivity index (χ1v) is 4.79. The summed E-state index contributed by atoms with van der Waals surface area (Å²) in [7, 11) is 0. The van der Waals surface area contributed by atoms with Crippen LogP contribution in [0.3, 0.4) is 0 Å². The molecule has 1 unspecified atom stereocenters. The van der Waals surface area contributed by atoms with Crippen LogP contribution < -0.4 is 0 Å². The molecule has 0 aliphatic carbocycles. The van der Waals surface area contributed by atoms with Crippen molar-refractivity contribution >= 4 is 0 Å². The summed E-state index contributed by atoms with van der Waals surface area (Å²) in [6.07, 6.45) is 6.23. The summed E-state index contributed by atoms with van der Waals surface area (Å²) in [6.45, 7) is 4.26. The molecule has 3 nitrogen and oxygen atoms in total. The molecular weight excluding hydrogens is 150 g/mol. The van der Waals surface area contributed by atoms with Gasteiger partial charge in [0.1, 0.15) is 0 Å². The van der Waals surface area contributed by atoms with Crippen LogP contribution >= 0.6 is 0 Å². The summed E-state index contributed by atoms with van der Waals surface area (Å²) in [5.41, 5.74) is 0. The summed E-state index contributed by atoms with van der Waals surface area (Å²) in [5, 5.41) is 8.74. The second-order valence-electron chi connectivity index (χ2n) is 3.73. The largest absolute Gasteiger partial charge is 0.308 e. The third-order valence-corrected chi connectivity index (χ3v) is 2.98. The predicted molar refractivity (Wildman–Crippen MR) is 46.4 cm³/mol. The average Bonchev–Trinajstić information content (AvgIpc) is 2.17. The molecule has 66 valence electrons. The fraction of sp³-hybridized carbons (Fsp3) is 0.889. The molecule has 0 aromatic rings. The summed E-state index contributed by atoms with van der Waals surface area (Å²) >= 11 is 0. The maximum Gasteiger partial charge on any atom is 0.179 e. The van der Waals surface area contributed by atoms with Gasteiger partial charge in [0.25, 0.3) is 0 Å². The van der Waals surface area contributed by atoms with Gasteiger partial charge in [-0.2, -0.15) is 5.26 Å². The van der Waals surface area contributed by atoms with Crippen molar-refractivity contribution in [3.8, 4) is 6.19 Å². The Bertz CT molecular complexity index is 196. The van der Waals surface area contributed by atoms with Gasteiger partial charge < -0.3 is 4.90 Å². The van der Waals surface area contributed by atoms with Crippen LogP contribution in [-0.4, -0.2) is 42.0 Å². The number of fused-ring (bicyclic) bond motifs is 1. The van der Waals surface area contributed by atoms with Crippen molar-refractivity contribution in [2.75, 3.05) is 26.2 Å². The zero-order chi connectivity index (χ0) is 8.39. The lowest BCUT2D eigenvalue weighted by Crippen LogP contribution is -2.53. The molecular formula is C9H15N3. The summed E-state index contributed by atoms with van der Waals surface area (Å²) in [6, 6.07) is 0.673. The fourth-order valence-corrected chi connectivity index (χ4v) is 2.25. The highest BCUT2D eigenvalue weighted by atomic mass is 15.3. The second-order valence-corrected chi connectivity index (χ2v) is 3.73. The smallest absolute Gasteiger partial charge is 0.179 e. The van der Waals surface area contributed by atoms with Gasteiger partial charge in [-0.3, -0.25) is 4.90 Å². The highest BCUT2D eigenvalue weighted by molar-refractivity contribution is 4.89. The first-order valence-electron chi connectivity index (χ1n) is 4.79. The van der Waals surface area contributed by atoms with E-state index >= 15 is 0 Å². The molecule has 0 radical (unpaired) electrons. The molecule has 0 aromatic heterocycles. The van der Waals surface area contributed by atoms with Gasteiger partial charge in [0.05, 0.1) is 0 Å². The van der Waals surface area contributed by atoms with Gasteiger partial charge in [-0.15, -0.1) is 0 Å². The Morgan fingerprint density at radius 3 is 2.92 bits per heavy atom. The van der Waals surface area contributed by atoms with E-state index in [1.165, 1.54) is 25.8 Å². The van der Waals surface area contributed by atoms with E-state index in [1.54, 1.807) is 0 Å². The maximum absolute atomic E-state index is 8.74. The SMILES string of the molecule is N#CN1CCN2CCCCC2C1. The lowest BCUT2D eigenvalue weighted by Gasteiger charge is -2.42. The van der Waals surface area contributed by atoms with E-state index in [4.69, 9.17) is 5.26 Å². The van der Waals surface area contributed by atoms with Crippen LogP contribution in [-0.2, 0) is 0 Å². The quantitative estimate of drug-likeness (QED) is 0.493. The highest BCUT2D eigenvalue weighted by Gasteiger charge is 2.27. The molecule has 2 aliphatic heterocycles. The molecule has 2 saturated heterocycles. The van der Waals surface area contributed by atoms with Crippen molar-refractivity contribution in [3.05, 3.63) is 0 Å². The maximum atomic E-state index is 8.74. The van der Waals surface area contributed by atoms with Gasteiger partial charge in [-0.1, -0.05) is 6.42 Å². The fourth-order valence-electron chi connectivity index (χ4n) is 2.25. The van der Waals surface area contributed by atoms with E-state index in [2.05, 4.69) is 11.1 Å². The number of piperazine rings is 1. The molecule has 2 fully saturated rings. The minimum atomic E-state index is 0.673. The van der Waals surface area contributed by atoms with Crippen molar-refractivity contribution in [2.24, 2.45) is 0 Å². The molecule has 2 rings (SSSR count). The van der Waals surface area contributed by atoms with Gasteiger partial charge in [-0.25, -0.2) is 0 Å². The Morgan fingerprint density at radius 1 is 1.17 bits per heavy atom. The first-order chi connectivity index (χ1) is 5.90. The zero-order valence-corrected chi connectivity index (χ0v) is 7.37. The van der Waals surface area contributed by atoms with Crippen LogP contribution in [0.4, 0.5) is 0 Å². The van der Waals surface area contributed by atoms with Crippen LogP contribution in [0, 0.1) is 11.5 Å². The van der Waals surface area contributed by atoms with Crippen LogP contribution in [0.5, 0.6) is 0 Å². The van der Waals surface area contributed by atoms with Crippen molar-refractivity contribution < 1.29 is 0 Å². The molecule has 0 bridgehead atoms. The summed E-state index contributed by atoms with van der Waals surface area (Å²) < 4.78 is 0. The summed E-state index contributed by atoms with van der Waals surface area (Å²) in [5.74, 6) is 0. The Hall–Kier alpha value is -0.750. The van der Waals surface area contributed by atoms with Crippen LogP contribution in [0.25, 0.3) is 0 Å². The van der Waals surface area contributed by atoms with Crippen molar-refractivity contribution in [1.82, 2.24) is 9.80 Å². The van der Waals surface area contributed by atoms with Gasteiger partial charge in [0, 0.05) is 25.7 Å². The zero-order valence-electron chi connectivity index (χ0n) is 7.37. The molecule has 0 amide bonds. The van der Waals surface area contributed by atoms with E-state index in [0.29, 0.717) is 6.04 Å². The van der Waals surface area contributed by atoms with Crippen molar-refractivity contribution in [2.45, 2.75) is 25.3 Å². The van der Waals surface area contributed by atoms with Gasteiger partial charge >= 0.3 is 0 Å². The number of nitrogens with zero attached hydrogens (tertiary/aromatic N) is 3. The van der Waals surface area contributed by atoms with Crippen LogP contribution in [0.15, 0.2) is 0 Å². The Balaban J connectivity index is 1.95. The molecule has 0 N–H and O–H groups in total. The predicted octanol–water partition coefficient (Wildman–Crippen LogP) is 0.638. The molecule has 12 heavy (non-hydrogen) atoms. The number of rotatable bonds is 0. The minimum Gasteiger partial charge on any atom is -0.308 e. The van der Waals surface area contributed by atoms with Crippen LogP contribution in [0.1, 0.15) is 19.3 Å². The van der Waals surface area contributed by atoms with Gasteiger partial charge in [-0.05, 0) is 19.4 Å². The lowest BCUT2D eigenvalue weighted by atomic mass is 10.00. The molecule has 2 heterocycles. The van der Waals surface area contributed by atoms with Gasteiger partial charge in [0.15, 0.2) is 6.19 Å². The summed E-state index contributed by atoms with van der Waals surface area (Å²) in [4.78, 5) is 4.43. The number of hydrogen-bond donors (Lipinski definition) is 0. The molecule has 0 saturated carbocycles. The van der Waals surface area contributed by atoms with Crippen molar-refractivity contribution in [3.63, 3.8) is 0 Å². The Labute approximate surface area is 73.6 Å². The van der Waals surface area contributed by atoms with E-state index < -0.39 is 0 Å². The highest BCUT2D eigenvalue weighted by Crippen LogP contribution is 2.20. The minimum absolute atomic E-state index is 0.673. The number of nitriles is 1. The number of piperidine rings is 1. The number of hydrogen-bond acceptors (Lipinski definition) is 3. The average molecular weight is 165 g/mol. The Kier molecular flexibility index (Phi) is 2.18.